The highest BCUT2D eigenvalue weighted by atomic mass is 19.2. The normalized spacial score (nSPS) is 19.8. The monoisotopic (exact) mass is 400 g/mol. The zero-order valence-electron chi connectivity index (χ0n) is 17.5. The molecule has 1 saturated carbocycles. The maximum Gasteiger partial charge on any atom is 0.162 e. The predicted molar refractivity (Wildman–Crippen MR) is 114 cm³/mol. The Labute approximate surface area is 172 Å². The first-order chi connectivity index (χ1) is 14.0. The van der Waals surface area contributed by atoms with E-state index in [0.29, 0.717) is 29.9 Å². The van der Waals surface area contributed by atoms with Crippen LogP contribution in [0.25, 0.3) is 6.08 Å². The highest BCUT2D eigenvalue weighted by Gasteiger charge is 2.25. The van der Waals surface area contributed by atoms with E-state index in [-0.39, 0.29) is 11.7 Å². The van der Waals surface area contributed by atoms with Crippen LogP contribution in [0.1, 0.15) is 80.5 Å². The van der Waals surface area contributed by atoms with Gasteiger partial charge in [0.05, 0.1) is 0 Å². The number of benzene rings is 2. The van der Waals surface area contributed by atoms with Crippen LogP contribution in [0.3, 0.4) is 0 Å². The summed E-state index contributed by atoms with van der Waals surface area (Å²) in [5.74, 6) is -0.981. The number of allylic oxidation sites excluding steroid dienone is 1. The van der Waals surface area contributed by atoms with Gasteiger partial charge < -0.3 is 0 Å². The molecular formula is C26H31F3. The summed E-state index contributed by atoms with van der Waals surface area (Å²) in [5, 5.41) is 0. The fourth-order valence-corrected chi connectivity index (χ4v) is 4.30. The van der Waals surface area contributed by atoms with Gasteiger partial charge in [-0.3, -0.25) is 0 Å². The van der Waals surface area contributed by atoms with Crippen LogP contribution < -0.4 is 0 Å². The zero-order valence-corrected chi connectivity index (χ0v) is 17.5. The van der Waals surface area contributed by atoms with E-state index in [4.69, 9.17) is 0 Å². The van der Waals surface area contributed by atoms with Gasteiger partial charge in [0.15, 0.2) is 11.6 Å². The van der Waals surface area contributed by atoms with Crippen molar-refractivity contribution in [2.75, 3.05) is 0 Å². The van der Waals surface area contributed by atoms with Gasteiger partial charge in [0.25, 0.3) is 0 Å². The van der Waals surface area contributed by atoms with Crippen LogP contribution in [0.4, 0.5) is 13.2 Å². The second-order valence-electron chi connectivity index (χ2n) is 8.22. The average Bonchev–Trinajstić information content (AvgIpc) is 2.74. The van der Waals surface area contributed by atoms with Crippen molar-refractivity contribution >= 4 is 6.08 Å². The van der Waals surface area contributed by atoms with Gasteiger partial charge in [-0.05, 0) is 85.1 Å². The van der Waals surface area contributed by atoms with Gasteiger partial charge in [0, 0.05) is 0 Å². The number of unbranched alkanes of at least 4 members (excludes halogenated alkanes) is 1. The van der Waals surface area contributed by atoms with Gasteiger partial charge in [-0.2, -0.15) is 0 Å². The molecule has 0 spiro atoms. The van der Waals surface area contributed by atoms with Crippen molar-refractivity contribution in [3.05, 3.63) is 76.1 Å². The summed E-state index contributed by atoms with van der Waals surface area (Å²) in [4.78, 5) is 0. The molecule has 0 amide bonds. The highest BCUT2D eigenvalue weighted by molar-refractivity contribution is 5.50. The number of halogens is 3. The van der Waals surface area contributed by atoms with E-state index in [2.05, 4.69) is 6.08 Å². The summed E-state index contributed by atoms with van der Waals surface area (Å²) < 4.78 is 42.9. The fraction of sp³-hybridized carbons (Fsp3) is 0.462. The van der Waals surface area contributed by atoms with Crippen LogP contribution in [0.15, 0.2) is 36.4 Å². The van der Waals surface area contributed by atoms with Gasteiger partial charge in [-0.25, -0.2) is 13.2 Å². The summed E-state index contributed by atoms with van der Waals surface area (Å²) in [6.07, 6.45) is 10.8. The van der Waals surface area contributed by atoms with E-state index in [1.54, 1.807) is 18.2 Å². The number of hydrogen-bond acceptors (Lipinski definition) is 0. The third-order valence-corrected chi connectivity index (χ3v) is 6.22. The number of aryl methyl sites for hydroxylation is 2. The summed E-state index contributed by atoms with van der Waals surface area (Å²) in [6, 6.07) is 8.93. The summed E-state index contributed by atoms with van der Waals surface area (Å²) in [6.45, 7) is 3.99. The molecule has 0 aliphatic heterocycles. The third-order valence-electron chi connectivity index (χ3n) is 6.22. The largest absolute Gasteiger partial charge is 0.207 e. The Morgan fingerprint density at radius 1 is 0.897 bits per heavy atom. The first kappa shape index (κ1) is 21.7. The minimum absolute atomic E-state index is 0.0793. The van der Waals surface area contributed by atoms with Gasteiger partial charge in [0.1, 0.15) is 5.82 Å². The SMILES string of the molecule is CCCCc1ccc(C2CCC(C=Cc3ccc(CC)c(F)c3)CC2)c(F)c1F. The lowest BCUT2D eigenvalue weighted by atomic mass is 9.78. The minimum atomic E-state index is -0.657. The Morgan fingerprint density at radius 2 is 1.62 bits per heavy atom. The number of rotatable bonds is 7. The molecule has 0 atom stereocenters. The van der Waals surface area contributed by atoms with Gasteiger partial charge in [-0.15, -0.1) is 0 Å². The second kappa shape index (κ2) is 10.1. The molecule has 156 valence electrons. The van der Waals surface area contributed by atoms with Crippen LogP contribution in [0.2, 0.25) is 0 Å². The molecule has 0 radical (unpaired) electrons. The Bertz CT molecular complexity index is 845. The van der Waals surface area contributed by atoms with Crippen LogP contribution in [0, 0.1) is 23.4 Å². The molecule has 2 aromatic carbocycles. The predicted octanol–water partition coefficient (Wildman–Crippen LogP) is 8.00. The van der Waals surface area contributed by atoms with Crippen molar-refractivity contribution in [3.63, 3.8) is 0 Å². The maximum atomic E-state index is 14.6. The molecule has 0 aromatic heterocycles. The standard InChI is InChI=1S/C26H31F3/c1-3-5-6-22-15-16-23(26(29)25(22)28)21-13-9-18(10-14-21)7-8-19-11-12-20(4-2)24(27)17-19/h7-8,11-12,15-18,21H,3-6,9-10,13-14H2,1-2H3. The van der Waals surface area contributed by atoms with Crippen LogP contribution in [-0.4, -0.2) is 0 Å². The molecule has 29 heavy (non-hydrogen) atoms. The molecular weight excluding hydrogens is 369 g/mol. The average molecular weight is 401 g/mol. The van der Waals surface area contributed by atoms with Crippen LogP contribution in [0.5, 0.6) is 0 Å². The highest BCUT2D eigenvalue weighted by Crippen LogP contribution is 2.38. The Hall–Kier alpha value is -2.03. The van der Waals surface area contributed by atoms with Crippen molar-refractivity contribution in [2.45, 2.75) is 71.1 Å². The van der Waals surface area contributed by atoms with E-state index in [0.717, 1.165) is 49.7 Å². The molecule has 0 unspecified atom stereocenters. The molecule has 3 rings (SSSR count). The lowest BCUT2D eigenvalue weighted by molar-refractivity contribution is 0.364. The van der Waals surface area contributed by atoms with E-state index >= 15 is 0 Å². The first-order valence-corrected chi connectivity index (χ1v) is 11.0. The van der Waals surface area contributed by atoms with Crippen LogP contribution >= 0.6 is 0 Å². The Balaban J connectivity index is 1.60. The van der Waals surface area contributed by atoms with Crippen molar-refractivity contribution in [3.8, 4) is 0 Å². The molecule has 1 aliphatic carbocycles. The third kappa shape index (κ3) is 5.32. The molecule has 2 aromatic rings. The second-order valence-corrected chi connectivity index (χ2v) is 8.22. The molecule has 0 N–H and O–H groups in total. The maximum absolute atomic E-state index is 14.6. The van der Waals surface area contributed by atoms with Crippen molar-refractivity contribution in [2.24, 2.45) is 5.92 Å². The summed E-state index contributed by atoms with van der Waals surface area (Å²) in [5.41, 5.74) is 2.63. The molecule has 0 nitrogen and oxygen atoms in total. The molecule has 1 fully saturated rings. The Morgan fingerprint density at radius 3 is 2.28 bits per heavy atom. The van der Waals surface area contributed by atoms with Gasteiger partial charge in [-0.1, -0.05) is 56.7 Å². The van der Waals surface area contributed by atoms with Crippen molar-refractivity contribution in [1.82, 2.24) is 0 Å². The molecule has 1 aliphatic rings. The first-order valence-electron chi connectivity index (χ1n) is 11.0. The molecule has 0 saturated heterocycles. The van der Waals surface area contributed by atoms with Crippen molar-refractivity contribution < 1.29 is 13.2 Å². The van der Waals surface area contributed by atoms with E-state index < -0.39 is 11.6 Å². The summed E-state index contributed by atoms with van der Waals surface area (Å²) >= 11 is 0. The minimum Gasteiger partial charge on any atom is -0.207 e. The fourth-order valence-electron chi connectivity index (χ4n) is 4.30. The molecule has 0 heterocycles. The Kier molecular flexibility index (Phi) is 7.57. The van der Waals surface area contributed by atoms with E-state index in [1.807, 2.05) is 32.1 Å². The molecule has 0 bridgehead atoms. The van der Waals surface area contributed by atoms with Crippen LogP contribution in [-0.2, 0) is 12.8 Å². The van der Waals surface area contributed by atoms with Gasteiger partial charge in [0.2, 0.25) is 0 Å². The van der Waals surface area contributed by atoms with Crippen molar-refractivity contribution in [1.29, 1.82) is 0 Å². The lowest BCUT2D eigenvalue weighted by Crippen LogP contribution is -2.14. The number of hydrogen-bond donors (Lipinski definition) is 0. The lowest BCUT2D eigenvalue weighted by Gasteiger charge is -2.27. The zero-order chi connectivity index (χ0) is 20.8. The quantitative estimate of drug-likeness (QED) is 0.442. The van der Waals surface area contributed by atoms with E-state index in [1.165, 1.54) is 0 Å². The smallest absolute Gasteiger partial charge is 0.162 e. The summed E-state index contributed by atoms with van der Waals surface area (Å²) in [7, 11) is 0. The van der Waals surface area contributed by atoms with E-state index in [9.17, 15) is 13.2 Å². The molecule has 3 heteroatoms. The van der Waals surface area contributed by atoms with Gasteiger partial charge >= 0.3 is 0 Å². The topological polar surface area (TPSA) is 0 Å².